The largest absolute Gasteiger partial charge is 0.393 e. The Kier molecular flexibility index (Phi) is 4.95. The van der Waals surface area contributed by atoms with Gasteiger partial charge in [0.1, 0.15) is 5.69 Å². The third-order valence-electron chi connectivity index (χ3n) is 4.10. The second-order valence-corrected chi connectivity index (χ2v) is 5.66. The standard InChI is InChI=1S/C15H23N3O2/c1-2-3-12-6-8-17(9-7-12)11-13-4-5-14(16)15(10-13)18(19)20/h4-5,10,12H,2-3,6-9,11,16H2,1H3. The summed E-state index contributed by atoms with van der Waals surface area (Å²) in [6.07, 6.45) is 5.06. The Morgan fingerprint density at radius 2 is 2.10 bits per heavy atom. The Bertz CT molecular complexity index is 468. The number of hydrogen-bond acceptors (Lipinski definition) is 4. The van der Waals surface area contributed by atoms with Crippen LogP contribution >= 0.6 is 0 Å². The van der Waals surface area contributed by atoms with Gasteiger partial charge in [-0.1, -0.05) is 25.8 Å². The molecule has 1 aliphatic rings. The molecule has 1 aliphatic heterocycles. The van der Waals surface area contributed by atoms with Gasteiger partial charge in [0.05, 0.1) is 4.92 Å². The van der Waals surface area contributed by atoms with Crippen LogP contribution in [-0.4, -0.2) is 22.9 Å². The van der Waals surface area contributed by atoms with Crippen LogP contribution < -0.4 is 5.73 Å². The molecule has 2 N–H and O–H groups in total. The highest BCUT2D eigenvalue weighted by Gasteiger charge is 2.19. The van der Waals surface area contributed by atoms with E-state index in [-0.39, 0.29) is 11.4 Å². The van der Waals surface area contributed by atoms with Gasteiger partial charge in [-0.15, -0.1) is 0 Å². The molecular weight excluding hydrogens is 254 g/mol. The average molecular weight is 277 g/mol. The van der Waals surface area contributed by atoms with Crippen LogP contribution in [-0.2, 0) is 6.54 Å². The molecule has 0 spiro atoms. The Balaban J connectivity index is 1.94. The van der Waals surface area contributed by atoms with Gasteiger partial charge in [-0.25, -0.2) is 0 Å². The SMILES string of the molecule is CCCC1CCN(Cc2ccc(N)c([N+](=O)[O-])c2)CC1. The smallest absolute Gasteiger partial charge is 0.292 e. The fourth-order valence-corrected chi connectivity index (χ4v) is 2.95. The maximum atomic E-state index is 10.9. The highest BCUT2D eigenvalue weighted by atomic mass is 16.6. The van der Waals surface area contributed by atoms with Crippen molar-refractivity contribution in [3.8, 4) is 0 Å². The lowest BCUT2D eigenvalue weighted by Crippen LogP contribution is -2.33. The number of piperidine rings is 1. The molecule has 1 aromatic rings. The summed E-state index contributed by atoms with van der Waals surface area (Å²) in [6.45, 7) is 5.19. The molecule has 0 atom stereocenters. The van der Waals surface area contributed by atoms with Gasteiger partial charge in [0.15, 0.2) is 0 Å². The molecule has 1 saturated heterocycles. The van der Waals surface area contributed by atoms with E-state index >= 15 is 0 Å². The summed E-state index contributed by atoms with van der Waals surface area (Å²) in [6, 6.07) is 5.13. The van der Waals surface area contributed by atoms with Crippen LogP contribution in [0, 0.1) is 16.0 Å². The maximum Gasteiger partial charge on any atom is 0.292 e. The van der Waals surface area contributed by atoms with Gasteiger partial charge in [-0.3, -0.25) is 15.0 Å². The van der Waals surface area contributed by atoms with Crippen LogP contribution in [0.15, 0.2) is 18.2 Å². The monoisotopic (exact) mass is 277 g/mol. The number of rotatable bonds is 5. The molecule has 1 heterocycles. The van der Waals surface area contributed by atoms with Gasteiger partial charge in [0.2, 0.25) is 0 Å². The van der Waals surface area contributed by atoms with Crippen LogP contribution in [0.3, 0.4) is 0 Å². The lowest BCUT2D eigenvalue weighted by atomic mass is 9.92. The molecule has 5 heteroatoms. The first-order valence-corrected chi connectivity index (χ1v) is 7.35. The molecule has 0 aliphatic carbocycles. The van der Waals surface area contributed by atoms with E-state index in [1.165, 1.54) is 25.7 Å². The first-order chi connectivity index (χ1) is 9.60. The summed E-state index contributed by atoms with van der Waals surface area (Å²) in [5.74, 6) is 0.858. The van der Waals surface area contributed by atoms with Crippen molar-refractivity contribution in [2.75, 3.05) is 18.8 Å². The predicted molar refractivity (Wildman–Crippen MR) is 80.4 cm³/mol. The summed E-state index contributed by atoms with van der Waals surface area (Å²) in [7, 11) is 0. The van der Waals surface area contributed by atoms with Crippen molar-refractivity contribution >= 4 is 11.4 Å². The summed E-state index contributed by atoms with van der Waals surface area (Å²) >= 11 is 0. The molecule has 1 fully saturated rings. The van der Waals surface area contributed by atoms with Crippen molar-refractivity contribution in [2.24, 2.45) is 5.92 Å². The molecule has 0 amide bonds. The topological polar surface area (TPSA) is 72.4 Å². The number of nitro benzene ring substituents is 1. The van der Waals surface area contributed by atoms with Crippen LogP contribution in [0.5, 0.6) is 0 Å². The number of benzene rings is 1. The Labute approximate surface area is 119 Å². The van der Waals surface area contributed by atoms with E-state index in [9.17, 15) is 10.1 Å². The van der Waals surface area contributed by atoms with Gasteiger partial charge < -0.3 is 5.73 Å². The fraction of sp³-hybridized carbons (Fsp3) is 0.600. The van der Waals surface area contributed by atoms with E-state index in [1.807, 2.05) is 6.07 Å². The van der Waals surface area contributed by atoms with Crippen molar-refractivity contribution in [1.82, 2.24) is 4.90 Å². The zero-order valence-electron chi connectivity index (χ0n) is 12.0. The molecule has 1 aromatic carbocycles. The van der Waals surface area contributed by atoms with Gasteiger partial charge in [-0.2, -0.15) is 0 Å². The highest BCUT2D eigenvalue weighted by Crippen LogP contribution is 2.26. The third-order valence-corrected chi connectivity index (χ3v) is 4.10. The molecule has 110 valence electrons. The van der Waals surface area contributed by atoms with Gasteiger partial charge in [0, 0.05) is 12.6 Å². The molecule has 2 rings (SSSR count). The van der Waals surface area contributed by atoms with E-state index < -0.39 is 4.92 Å². The zero-order chi connectivity index (χ0) is 14.5. The summed E-state index contributed by atoms with van der Waals surface area (Å²) in [4.78, 5) is 12.9. The lowest BCUT2D eigenvalue weighted by molar-refractivity contribution is -0.384. The quantitative estimate of drug-likeness (QED) is 0.509. The zero-order valence-corrected chi connectivity index (χ0v) is 12.0. The minimum Gasteiger partial charge on any atom is -0.393 e. The number of anilines is 1. The number of nitrogens with zero attached hydrogens (tertiary/aromatic N) is 2. The fourth-order valence-electron chi connectivity index (χ4n) is 2.95. The molecule has 0 unspecified atom stereocenters. The third kappa shape index (κ3) is 3.70. The summed E-state index contributed by atoms with van der Waals surface area (Å²) in [5, 5.41) is 10.9. The van der Waals surface area contributed by atoms with Gasteiger partial charge >= 0.3 is 0 Å². The van der Waals surface area contributed by atoms with E-state index in [0.717, 1.165) is 31.1 Å². The summed E-state index contributed by atoms with van der Waals surface area (Å²) in [5.41, 5.74) is 6.85. The number of nitrogen functional groups attached to an aromatic ring is 1. The minimum atomic E-state index is -0.410. The molecule has 20 heavy (non-hydrogen) atoms. The normalized spacial score (nSPS) is 17.2. The van der Waals surface area contributed by atoms with Crippen molar-refractivity contribution in [3.05, 3.63) is 33.9 Å². The molecule has 0 aromatic heterocycles. The minimum absolute atomic E-state index is 0.0170. The van der Waals surface area contributed by atoms with Crippen molar-refractivity contribution < 1.29 is 4.92 Å². The number of nitro groups is 1. The first-order valence-electron chi connectivity index (χ1n) is 7.35. The highest BCUT2D eigenvalue weighted by molar-refractivity contribution is 5.59. The van der Waals surface area contributed by atoms with E-state index in [4.69, 9.17) is 5.73 Å². The Morgan fingerprint density at radius 3 is 2.70 bits per heavy atom. The van der Waals surface area contributed by atoms with Crippen molar-refractivity contribution in [1.29, 1.82) is 0 Å². The molecule has 0 saturated carbocycles. The van der Waals surface area contributed by atoms with E-state index in [2.05, 4.69) is 11.8 Å². The molecule has 5 nitrogen and oxygen atoms in total. The average Bonchev–Trinajstić information content (AvgIpc) is 2.43. The van der Waals surface area contributed by atoms with Crippen LogP contribution in [0.4, 0.5) is 11.4 Å². The Hall–Kier alpha value is -1.62. The Morgan fingerprint density at radius 1 is 1.40 bits per heavy atom. The summed E-state index contributed by atoms with van der Waals surface area (Å²) < 4.78 is 0. The molecule has 0 bridgehead atoms. The van der Waals surface area contributed by atoms with Crippen molar-refractivity contribution in [2.45, 2.75) is 39.2 Å². The van der Waals surface area contributed by atoms with Crippen molar-refractivity contribution in [3.63, 3.8) is 0 Å². The number of nitrogens with two attached hydrogens (primary N) is 1. The van der Waals surface area contributed by atoms with Crippen LogP contribution in [0.2, 0.25) is 0 Å². The van der Waals surface area contributed by atoms with Crippen LogP contribution in [0.25, 0.3) is 0 Å². The van der Waals surface area contributed by atoms with Crippen LogP contribution in [0.1, 0.15) is 38.2 Å². The maximum absolute atomic E-state index is 10.9. The number of hydrogen-bond donors (Lipinski definition) is 1. The lowest BCUT2D eigenvalue weighted by Gasteiger charge is -2.31. The number of likely N-dealkylation sites (tertiary alicyclic amines) is 1. The van der Waals surface area contributed by atoms with Gasteiger partial charge in [-0.05, 0) is 43.5 Å². The molecule has 0 radical (unpaired) electrons. The predicted octanol–water partition coefficient (Wildman–Crippen LogP) is 3.19. The van der Waals surface area contributed by atoms with E-state index in [1.54, 1.807) is 12.1 Å². The first kappa shape index (κ1) is 14.8. The second kappa shape index (κ2) is 6.70. The second-order valence-electron chi connectivity index (χ2n) is 5.66. The van der Waals surface area contributed by atoms with Gasteiger partial charge in [0.25, 0.3) is 5.69 Å². The van der Waals surface area contributed by atoms with E-state index in [0.29, 0.717) is 0 Å². The molecular formula is C15H23N3O2.